The molecule has 4 aromatic rings. The molecule has 0 radical (unpaired) electrons. The minimum absolute atomic E-state index is 0.0141. The summed E-state index contributed by atoms with van der Waals surface area (Å²) in [6.07, 6.45) is 5.80. The first kappa shape index (κ1) is 17.2. The summed E-state index contributed by atoms with van der Waals surface area (Å²) in [5.41, 5.74) is 5.13. The molecular formula is C22H19N3O2S. The topological polar surface area (TPSA) is 57.8 Å². The van der Waals surface area contributed by atoms with Gasteiger partial charge in [0.25, 0.3) is 5.91 Å². The minimum Gasteiger partial charge on any atom is -0.392 e. The summed E-state index contributed by atoms with van der Waals surface area (Å²) < 4.78 is 1.90. The van der Waals surface area contributed by atoms with Gasteiger partial charge in [-0.2, -0.15) is 0 Å². The van der Waals surface area contributed by atoms with Gasteiger partial charge in [-0.3, -0.25) is 4.79 Å². The van der Waals surface area contributed by atoms with Gasteiger partial charge in [-0.25, -0.2) is 4.98 Å². The van der Waals surface area contributed by atoms with Gasteiger partial charge < -0.3 is 14.4 Å². The van der Waals surface area contributed by atoms with E-state index in [9.17, 15) is 9.90 Å². The lowest BCUT2D eigenvalue weighted by atomic mass is 10.1. The lowest BCUT2D eigenvalue weighted by molar-refractivity contribution is 0.0981. The fraction of sp³-hybridized carbons (Fsp3) is 0.182. The maximum Gasteiger partial charge on any atom is 0.278 e. The molecule has 1 aliphatic heterocycles. The molecule has 0 aliphatic carbocycles. The van der Waals surface area contributed by atoms with Gasteiger partial charge in [0.1, 0.15) is 11.3 Å². The Hall–Kier alpha value is -2.96. The van der Waals surface area contributed by atoms with Gasteiger partial charge in [0.15, 0.2) is 0 Å². The van der Waals surface area contributed by atoms with E-state index >= 15 is 0 Å². The molecule has 0 bridgehead atoms. The monoisotopic (exact) mass is 389 g/mol. The van der Waals surface area contributed by atoms with E-state index in [1.54, 1.807) is 17.5 Å². The van der Waals surface area contributed by atoms with E-state index in [-0.39, 0.29) is 12.5 Å². The second-order valence-corrected chi connectivity index (χ2v) is 7.96. The molecule has 5 rings (SSSR count). The Bertz CT molecular complexity index is 1180. The summed E-state index contributed by atoms with van der Waals surface area (Å²) in [5.74, 6) is -0.0492. The van der Waals surface area contributed by atoms with Crippen LogP contribution >= 0.6 is 11.3 Å². The molecule has 140 valence electrons. The number of imidazole rings is 1. The van der Waals surface area contributed by atoms with Crippen LogP contribution in [-0.2, 0) is 13.0 Å². The van der Waals surface area contributed by atoms with Crippen LogP contribution in [0.5, 0.6) is 0 Å². The number of benzene rings is 1. The summed E-state index contributed by atoms with van der Waals surface area (Å²) in [6, 6.07) is 13.7. The van der Waals surface area contributed by atoms with Gasteiger partial charge >= 0.3 is 0 Å². The first-order valence-corrected chi connectivity index (χ1v) is 10.2. The van der Waals surface area contributed by atoms with Crippen LogP contribution in [0.3, 0.4) is 0 Å². The summed E-state index contributed by atoms with van der Waals surface area (Å²) in [7, 11) is 0. The number of thiophene rings is 1. The molecule has 3 aromatic heterocycles. The number of aliphatic hydroxyl groups excluding tert-OH is 1. The molecule has 1 aliphatic rings. The van der Waals surface area contributed by atoms with E-state index in [0.29, 0.717) is 5.69 Å². The van der Waals surface area contributed by atoms with E-state index < -0.39 is 0 Å². The third-order valence-electron chi connectivity index (χ3n) is 5.16. The number of pyridine rings is 1. The van der Waals surface area contributed by atoms with Gasteiger partial charge in [-0.05, 0) is 59.2 Å². The summed E-state index contributed by atoms with van der Waals surface area (Å²) >= 11 is 1.71. The number of hydrogen-bond donors (Lipinski definition) is 1. The van der Waals surface area contributed by atoms with E-state index in [1.165, 1.54) is 4.88 Å². The summed E-state index contributed by atoms with van der Waals surface area (Å²) in [5, 5.41) is 11.4. The average Bonchev–Trinajstić information content (AvgIpc) is 3.39. The highest BCUT2D eigenvalue weighted by Gasteiger charge is 2.26. The summed E-state index contributed by atoms with van der Waals surface area (Å²) in [4.78, 5) is 20.8. The van der Waals surface area contributed by atoms with Gasteiger partial charge in [-0.1, -0.05) is 18.2 Å². The van der Waals surface area contributed by atoms with Gasteiger partial charge in [0.05, 0.1) is 12.3 Å². The minimum atomic E-state index is -0.0492. The fourth-order valence-corrected chi connectivity index (χ4v) is 4.67. The molecule has 0 saturated heterocycles. The number of amides is 1. The van der Waals surface area contributed by atoms with E-state index in [4.69, 9.17) is 0 Å². The number of nitrogens with zero attached hydrogens (tertiary/aromatic N) is 3. The SMILES string of the molecule is O=C(c1cn2cc(-c3cccc(CO)c3)ccc2n1)N1CCCc2sccc21. The summed E-state index contributed by atoms with van der Waals surface area (Å²) in [6.45, 7) is 0.746. The van der Waals surface area contributed by atoms with Crippen LogP contribution < -0.4 is 4.90 Å². The number of rotatable bonds is 3. The third-order valence-corrected chi connectivity index (χ3v) is 6.13. The highest BCUT2D eigenvalue weighted by atomic mass is 32.1. The molecule has 5 nitrogen and oxygen atoms in total. The Kier molecular flexibility index (Phi) is 4.22. The molecule has 0 fully saturated rings. The van der Waals surface area contributed by atoms with Gasteiger partial charge in [0.2, 0.25) is 0 Å². The number of aliphatic hydroxyl groups is 1. The lowest BCUT2D eigenvalue weighted by Gasteiger charge is -2.26. The molecule has 0 saturated carbocycles. The largest absolute Gasteiger partial charge is 0.392 e. The second-order valence-electron chi connectivity index (χ2n) is 6.96. The number of aryl methyl sites for hydroxylation is 1. The fourth-order valence-electron chi connectivity index (χ4n) is 3.74. The van der Waals surface area contributed by atoms with Crippen molar-refractivity contribution >= 4 is 28.6 Å². The van der Waals surface area contributed by atoms with E-state index in [0.717, 1.165) is 47.4 Å². The third kappa shape index (κ3) is 2.91. The normalized spacial score (nSPS) is 13.7. The number of carbonyl (C=O) groups is 1. The predicted octanol–water partition coefficient (Wildman–Crippen LogP) is 4.15. The Balaban J connectivity index is 1.50. The highest BCUT2D eigenvalue weighted by molar-refractivity contribution is 7.10. The second kappa shape index (κ2) is 6.89. The Morgan fingerprint density at radius 2 is 2.07 bits per heavy atom. The molecule has 28 heavy (non-hydrogen) atoms. The molecule has 6 heteroatoms. The predicted molar refractivity (Wildman–Crippen MR) is 111 cm³/mol. The van der Waals surface area contributed by atoms with Gasteiger partial charge in [0, 0.05) is 23.8 Å². The smallest absolute Gasteiger partial charge is 0.278 e. The van der Waals surface area contributed by atoms with Crippen molar-refractivity contribution in [1.82, 2.24) is 9.38 Å². The van der Waals surface area contributed by atoms with Crippen LogP contribution in [-0.4, -0.2) is 26.9 Å². The zero-order valence-electron chi connectivity index (χ0n) is 15.2. The van der Waals surface area contributed by atoms with E-state index in [1.807, 2.05) is 63.3 Å². The van der Waals surface area contributed by atoms with Crippen LogP contribution in [0.15, 0.2) is 60.2 Å². The van der Waals surface area contributed by atoms with Crippen molar-refractivity contribution in [2.45, 2.75) is 19.4 Å². The van der Waals surface area contributed by atoms with Crippen LogP contribution in [0, 0.1) is 0 Å². The zero-order valence-corrected chi connectivity index (χ0v) is 16.0. The molecule has 1 amide bonds. The van der Waals surface area contributed by atoms with Crippen LogP contribution in [0.2, 0.25) is 0 Å². The van der Waals surface area contributed by atoms with Crippen molar-refractivity contribution in [3.05, 3.63) is 76.4 Å². The molecule has 0 unspecified atom stereocenters. The number of anilines is 1. The van der Waals surface area contributed by atoms with Crippen molar-refractivity contribution in [3.63, 3.8) is 0 Å². The van der Waals surface area contributed by atoms with Crippen LogP contribution in [0.4, 0.5) is 5.69 Å². The highest BCUT2D eigenvalue weighted by Crippen LogP contribution is 2.32. The van der Waals surface area contributed by atoms with Gasteiger partial charge in [-0.15, -0.1) is 11.3 Å². The quantitative estimate of drug-likeness (QED) is 0.573. The number of carbonyl (C=O) groups excluding carboxylic acids is 1. The van der Waals surface area contributed by atoms with Crippen molar-refractivity contribution < 1.29 is 9.90 Å². The van der Waals surface area contributed by atoms with Crippen LogP contribution in [0.25, 0.3) is 16.8 Å². The first-order chi connectivity index (χ1) is 13.7. The molecular weight excluding hydrogens is 370 g/mol. The number of fused-ring (bicyclic) bond motifs is 2. The molecule has 4 heterocycles. The number of aromatic nitrogens is 2. The molecule has 1 N–H and O–H groups in total. The van der Waals surface area contributed by atoms with Crippen molar-refractivity contribution in [3.8, 4) is 11.1 Å². The molecule has 0 atom stereocenters. The standard InChI is InChI=1S/C22H19N3O2S/c26-14-15-3-1-4-16(11-15)17-6-7-21-23-18(13-24(21)12-17)22(27)25-9-2-5-20-19(25)8-10-28-20/h1,3-4,6-8,10-13,26H,2,5,9,14H2. The maximum absolute atomic E-state index is 13.1. The Morgan fingerprint density at radius 3 is 2.96 bits per heavy atom. The Morgan fingerprint density at radius 1 is 1.14 bits per heavy atom. The zero-order chi connectivity index (χ0) is 19.1. The maximum atomic E-state index is 13.1. The van der Waals surface area contributed by atoms with E-state index in [2.05, 4.69) is 4.98 Å². The van der Waals surface area contributed by atoms with Crippen molar-refractivity contribution in [1.29, 1.82) is 0 Å². The Labute approximate surface area is 166 Å². The molecule has 1 aromatic carbocycles. The number of hydrogen-bond acceptors (Lipinski definition) is 4. The van der Waals surface area contributed by atoms with Crippen LogP contribution in [0.1, 0.15) is 27.3 Å². The first-order valence-electron chi connectivity index (χ1n) is 9.30. The van der Waals surface area contributed by atoms with Crippen molar-refractivity contribution in [2.24, 2.45) is 0 Å². The lowest BCUT2D eigenvalue weighted by Crippen LogP contribution is -2.34. The van der Waals surface area contributed by atoms with Crippen molar-refractivity contribution in [2.75, 3.05) is 11.4 Å². The average molecular weight is 389 g/mol. The molecule has 0 spiro atoms.